The van der Waals surface area contributed by atoms with Crippen LogP contribution in [0.2, 0.25) is 10.0 Å². The van der Waals surface area contributed by atoms with Crippen molar-refractivity contribution in [3.05, 3.63) is 58.1 Å². The molecule has 2 amide bonds. The summed E-state index contributed by atoms with van der Waals surface area (Å²) in [6, 6.07) is 12.5. The Morgan fingerprint density at radius 1 is 0.966 bits per heavy atom. The molecule has 0 spiro atoms. The van der Waals surface area contributed by atoms with Gasteiger partial charge in [0.05, 0.1) is 0 Å². The zero-order valence-corrected chi connectivity index (χ0v) is 18.0. The monoisotopic (exact) mass is 433 g/mol. The molecule has 0 saturated carbocycles. The third-order valence-corrected chi connectivity index (χ3v) is 5.43. The van der Waals surface area contributed by atoms with E-state index >= 15 is 0 Å². The molecule has 2 aromatic rings. The van der Waals surface area contributed by atoms with Crippen molar-refractivity contribution in [2.75, 3.05) is 36.4 Å². The molecule has 1 saturated heterocycles. The second-order valence-electron chi connectivity index (χ2n) is 7.13. The fraction of sp³-hybridized carbons (Fsp3) is 0.364. The lowest BCUT2D eigenvalue weighted by Crippen LogP contribution is -2.48. The molecule has 1 N–H and O–H groups in total. The third kappa shape index (κ3) is 5.87. The quantitative estimate of drug-likeness (QED) is 0.690. The number of carbonyl (C=O) groups is 2. The number of carbonyl (C=O) groups excluding carboxylic acids is 2. The van der Waals surface area contributed by atoms with E-state index < -0.39 is 0 Å². The maximum atomic E-state index is 12.4. The molecule has 2 aromatic carbocycles. The minimum atomic E-state index is -0.263. The number of nitrogens with one attached hydrogen (secondary N) is 1. The van der Waals surface area contributed by atoms with Gasteiger partial charge in [0, 0.05) is 59.6 Å². The van der Waals surface area contributed by atoms with E-state index in [1.807, 2.05) is 29.2 Å². The Kier molecular flexibility index (Phi) is 7.40. The van der Waals surface area contributed by atoms with Gasteiger partial charge in [0.1, 0.15) is 0 Å². The second kappa shape index (κ2) is 9.99. The van der Waals surface area contributed by atoms with Crippen LogP contribution in [0.25, 0.3) is 0 Å². The van der Waals surface area contributed by atoms with Gasteiger partial charge in [-0.15, -0.1) is 0 Å². The first-order valence-electron chi connectivity index (χ1n) is 9.86. The average molecular weight is 434 g/mol. The van der Waals surface area contributed by atoms with Crippen molar-refractivity contribution in [3.8, 4) is 0 Å². The maximum absolute atomic E-state index is 12.4. The summed E-state index contributed by atoms with van der Waals surface area (Å²) in [5.74, 6) is -0.00737. The van der Waals surface area contributed by atoms with Crippen molar-refractivity contribution in [1.29, 1.82) is 0 Å². The van der Waals surface area contributed by atoms with Gasteiger partial charge in [-0.25, -0.2) is 0 Å². The van der Waals surface area contributed by atoms with Crippen molar-refractivity contribution >= 4 is 46.4 Å². The fourth-order valence-electron chi connectivity index (χ4n) is 3.34. The molecule has 0 unspecified atom stereocenters. The van der Waals surface area contributed by atoms with E-state index in [2.05, 4.69) is 17.1 Å². The van der Waals surface area contributed by atoms with Gasteiger partial charge in [0.25, 0.3) is 5.91 Å². The first-order valence-corrected chi connectivity index (χ1v) is 10.6. The number of piperazine rings is 1. The molecule has 1 heterocycles. The van der Waals surface area contributed by atoms with Gasteiger partial charge in [0.15, 0.2) is 0 Å². The number of unbranched alkanes of at least 4 members (excludes halogenated alkanes) is 1. The summed E-state index contributed by atoms with van der Waals surface area (Å²) in [5.41, 5.74) is 2.19. The average Bonchev–Trinajstić information content (AvgIpc) is 2.72. The zero-order chi connectivity index (χ0) is 20.8. The van der Waals surface area contributed by atoms with E-state index in [4.69, 9.17) is 23.2 Å². The van der Waals surface area contributed by atoms with E-state index in [0.717, 1.165) is 44.7 Å². The summed E-state index contributed by atoms with van der Waals surface area (Å²) in [6.45, 7) is 5.21. The molecule has 29 heavy (non-hydrogen) atoms. The van der Waals surface area contributed by atoms with Gasteiger partial charge >= 0.3 is 0 Å². The van der Waals surface area contributed by atoms with Gasteiger partial charge in [-0.2, -0.15) is 0 Å². The Morgan fingerprint density at radius 3 is 2.17 bits per heavy atom. The van der Waals surface area contributed by atoms with E-state index in [1.165, 1.54) is 0 Å². The molecule has 0 bridgehead atoms. The molecular weight excluding hydrogens is 409 g/mol. The molecule has 0 radical (unpaired) electrons. The SMILES string of the molecule is CCCCC(=O)N1CCN(c2ccc(NC(=O)c3cc(Cl)cc(Cl)c3)cc2)CC1. The molecule has 0 atom stereocenters. The lowest BCUT2D eigenvalue weighted by atomic mass is 10.2. The largest absolute Gasteiger partial charge is 0.368 e. The van der Waals surface area contributed by atoms with Crippen LogP contribution in [-0.2, 0) is 4.79 Å². The molecule has 3 rings (SSSR count). The Balaban J connectivity index is 1.55. The fourth-order valence-corrected chi connectivity index (χ4v) is 3.87. The number of nitrogens with zero attached hydrogens (tertiary/aromatic N) is 2. The smallest absolute Gasteiger partial charge is 0.255 e. The standard InChI is InChI=1S/C22H25Cl2N3O2/c1-2-3-4-21(28)27-11-9-26(10-12-27)20-7-5-19(6-8-20)25-22(29)16-13-17(23)15-18(24)14-16/h5-8,13-15H,2-4,9-12H2,1H3,(H,25,29). The molecular formula is C22H25Cl2N3O2. The number of halogens is 2. The van der Waals surface area contributed by atoms with Gasteiger partial charge in [0.2, 0.25) is 5.91 Å². The molecule has 0 aliphatic carbocycles. The molecule has 0 aromatic heterocycles. The molecule has 1 aliphatic rings. The van der Waals surface area contributed by atoms with Crippen LogP contribution in [0.1, 0.15) is 36.5 Å². The summed E-state index contributed by atoms with van der Waals surface area (Å²) in [5, 5.41) is 3.70. The highest BCUT2D eigenvalue weighted by Crippen LogP contribution is 2.22. The Morgan fingerprint density at radius 2 is 1.59 bits per heavy atom. The van der Waals surface area contributed by atoms with Crippen LogP contribution in [0.3, 0.4) is 0 Å². The molecule has 1 aliphatic heterocycles. The summed E-state index contributed by atoms with van der Waals surface area (Å²) >= 11 is 11.9. The Hall–Kier alpha value is -2.24. The van der Waals surface area contributed by atoms with Crippen molar-refractivity contribution in [2.24, 2.45) is 0 Å². The predicted octanol–water partition coefficient (Wildman–Crippen LogP) is 5.08. The summed E-state index contributed by atoms with van der Waals surface area (Å²) in [6.07, 6.45) is 2.63. The number of amides is 2. The third-order valence-electron chi connectivity index (χ3n) is 4.99. The summed E-state index contributed by atoms with van der Waals surface area (Å²) < 4.78 is 0. The van der Waals surface area contributed by atoms with Crippen LogP contribution in [-0.4, -0.2) is 42.9 Å². The van der Waals surface area contributed by atoms with Gasteiger partial charge in [-0.3, -0.25) is 9.59 Å². The summed E-state index contributed by atoms with van der Waals surface area (Å²) in [4.78, 5) is 28.8. The first kappa shape index (κ1) is 21.5. The van der Waals surface area contributed by atoms with Crippen LogP contribution in [0.15, 0.2) is 42.5 Å². The Bertz CT molecular complexity index is 843. The van der Waals surface area contributed by atoms with Crippen LogP contribution in [0, 0.1) is 0 Å². The van der Waals surface area contributed by atoms with E-state index in [0.29, 0.717) is 27.7 Å². The van der Waals surface area contributed by atoms with Crippen molar-refractivity contribution < 1.29 is 9.59 Å². The molecule has 7 heteroatoms. The lowest BCUT2D eigenvalue weighted by molar-refractivity contribution is -0.131. The van der Waals surface area contributed by atoms with Crippen molar-refractivity contribution in [2.45, 2.75) is 26.2 Å². The highest BCUT2D eigenvalue weighted by atomic mass is 35.5. The van der Waals surface area contributed by atoms with E-state index in [1.54, 1.807) is 18.2 Å². The second-order valence-corrected chi connectivity index (χ2v) is 8.00. The Labute approximate surface area is 181 Å². The van der Waals surface area contributed by atoms with E-state index in [9.17, 15) is 9.59 Å². The van der Waals surface area contributed by atoms with Crippen molar-refractivity contribution in [3.63, 3.8) is 0 Å². The van der Waals surface area contributed by atoms with Crippen LogP contribution < -0.4 is 10.2 Å². The van der Waals surface area contributed by atoms with Gasteiger partial charge < -0.3 is 15.1 Å². The topological polar surface area (TPSA) is 52.7 Å². The molecule has 154 valence electrons. The van der Waals surface area contributed by atoms with Gasteiger partial charge in [-0.1, -0.05) is 36.5 Å². The highest BCUT2D eigenvalue weighted by molar-refractivity contribution is 6.35. The predicted molar refractivity (Wildman–Crippen MR) is 119 cm³/mol. The van der Waals surface area contributed by atoms with Crippen LogP contribution in [0.5, 0.6) is 0 Å². The first-order chi connectivity index (χ1) is 14.0. The van der Waals surface area contributed by atoms with Gasteiger partial charge in [-0.05, 0) is 48.9 Å². The lowest BCUT2D eigenvalue weighted by Gasteiger charge is -2.36. The maximum Gasteiger partial charge on any atom is 0.255 e. The number of hydrogen-bond donors (Lipinski definition) is 1. The molecule has 5 nitrogen and oxygen atoms in total. The number of benzene rings is 2. The van der Waals surface area contributed by atoms with E-state index in [-0.39, 0.29) is 11.8 Å². The summed E-state index contributed by atoms with van der Waals surface area (Å²) in [7, 11) is 0. The number of rotatable bonds is 6. The van der Waals surface area contributed by atoms with Crippen LogP contribution in [0.4, 0.5) is 11.4 Å². The zero-order valence-electron chi connectivity index (χ0n) is 16.5. The number of anilines is 2. The van der Waals surface area contributed by atoms with Crippen molar-refractivity contribution in [1.82, 2.24) is 4.90 Å². The minimum Gasteiger partial charge on any atom is -0.368 e. The molecule has 1 fully saturated rings. The number of hydrogen-bond acceptors (Lipinski definition) is 3. The normalized spacial score (nSPS) is 14.0. The minimum absolute atomic E-state index is 0.255. The highest BCUT2D eigenvalue weighted by Gasteiger charge is 2.20. The van der Waals surface area contributed by atoms with Crippen LogP contribution >= 0.6 is 23.2 Å².